The molecular formula is C11H13NO. The van der Waals surface area contributed by atoms with E-state index in [-0.39, 0.29) is 5.41 Å². The molecule has 0 saturated heterocycles. The molecular weight excluding hydrogens is 162 g/mol. The smallest absolute Gasteiger partial charge is 0.0488 e. The van der Waals surface area contributed by atoms with Crippen molar-refractivity contribution in [3.8, 4) is 0 Å². The van der Waals surface area contributed by atoms with Gasteiger partial charge in [-0.25, -0.2) is 0 Å². The fraction of sp³-hybridized carbons (Fsp3) is 0.545. The van der Waals surface area contributed by atoms with Crippen molar-refractivity contribution < 1.29 is 5.11 Å². The summed E-state index contributed by atoms with van der Waals surface area (Å²) in [7, 11) is 0. The molecule has 1 aromatic heterocycles. The van der Waals surface area contributed by atoms with E-state index in [2.05, 4.69) is 11.1 Å². The van der Waals surface area contributed by atoms with Gasteiger partial charge in [-0.05, 0) is 36.8 Å². The van der Waals surface area contributed by atoms with Crippen LogP contribution in [0.5, 0.6) is 0 Å². The second kappa shape index (κ2) is 2.13. The summed E-state index contributed by atoms with van der Waals surface area (Å²) in [5.41, 5.74) is 1.87. The van der Waals surface area contributed by atoms with Crippen LogP contribution in [0.3, 0.4) is 0 Å². The van der Waals surface area contributed by atoms with Gasteiger partial charge in [0.25, 0.3) is 0 Å². The van der Waals surface area contributed by atoms with Crippen LogP contribution < -0.4 is 0 Å². The highest BCUT2D eigenvalue weighted by molar-refractivity contribution is 5.34. The average Bonchev–Trinajstić information content (AvgIpc) is 2.02. The van der Waals surface area contributed by atoms with E-state index < -0.39 is 0 Å². The van der Waals surface area contributed by atoms with Crippen LogP contribution in [-0.4, -0.2) is 16.7 Å². The summed E-state index contributed by atoms with van der Waals surface area (Å²) in [6.45, 7) is 0.363. The van der Waals surface area contributed by atoms with Gasteiger partial charge in [0.2, 0.25) is 0 Å². The first kappa shape index (κ1) is 7.51. The molecule has 3 saturated carbocycles. The van der Waals surface area contributed by atoms with E-state index in [1.165, 1.54) is 5.69 Å². The third kappa shape index (κ3) is 0.792. The molecule has 1 aromatic rings. The van der Waals surface area contributed by atoms with Crippen LogP contribution in [-0.2, 0) is 5.41 Å². The lowest BCUT2D eigenvalue weighted by molar-refractivity contribution is -0.169. The first-order chi connectivity index (χ1) is 6.29. The Balaban J connectivity index is 1.85. The topological polar surface area (TPSA) is 33.1 Å². The Morgan fingerprint density at radius 3 is 2.62 bits per heavy atom. The van der Waals surface area contributed by atoms with Crippen molar-refractivity contribution in [2.45, 2.75) is 24.7 Å². The summed E-state index contributed by atoms with van der Waals surface area (Å²) in [6.07, 6.45) is 5.30. The first-order valence-electron chi connectivity index (χ1n) is 4.81. The SMILES string of the molecule is OCC12CC(c3ccccn3)(C1)C2. The van der Waals surface area contributed by atoms with Gasteiger partial charge in [0.15, 0.2) is 0 Å². The Morgan fingerprint density at radius 2 is 2.08 bits per heavy atom. The van der Waals surface area contributed by atoms with E-state index in [0.717, 1.165) is 19.3 Å². The van der Waals surface area contributed by atoms with Gasteiger partial charge in [-0.3, -0.25) is 4.98 Å². The molecule has 4 rings (SSSR count). The monoisotopic (exact) mass is 175 g/mol. The number of pyridine rings is 1. The molecule has 0 aromatic carbocycles. The van der Waals surface area contributed by atoms with E-state index in [0.29, 0.717) is 12.0 Å². The number of aromatic nitrogens is 1. The first-order valence-corrected chi connectivity index (χ1v) is 4.81. The summed E-state index contributed by atoms with van der Waals surface area (Å²) >= 11 is 0. The van der Waals surface area contributed by atoms with Crippen molar-refractivity contribution in [1.82, 2.24) is 4.98 Å². The largest absolute Gasteiger partial charge is 0.396 e. The van der Waals surface area contributed by atoms with Gasteiger partial charge < -0.3 is 5.11 Å². The Kier molecular flexibility index (Phi) is 1.23. The molecule has 1 N–H and O–H groups in total. The minimum absolute atomic E-state index is 0.289. The predicted molar refractivity (Wildman–Crippen MR) is 49.3 cm³/mol. The molecule has 2 heteroatoms. The zero-order valence-electron chi connectivity index (χ0n) is 7.53. The maximum Gasteiger partial charge on any atom is 0.0488 e. The fourth-order valence-corrected chi connectivity index (χ4v) is 3.11. The molecule has 3 aliphatic carbocycles. The molecule has 68 valence electrons. The standard InChI is InChI=1S/C11H13NO/c13-8-10-5-11(6-10,7-10)9-3-1-2-4-12-9/h1-4,13H,5-8H2. The zero-order chi connectivity index (χ0) is 8.94. The number of aliphatic hydroxyl groups excluding tert-OH is 1. The fourth-order valence-electron chi connectivity index (χ4n) is 3.11. The normalized spacial score (nSPS) is 40.7. The highest BCUT2D eigenvalue weighted by Gasteiger charge is 2.68. The van der Waals surface area contributed by atoms with Crippen molar-refractivity contribution in [3.63, 3.8) is 0 Å². The molecule has 0 radical (unpaired) electrons. The highest BCUT2D eigenvalue weighted by Crippen LogP contribution is 2.72. The number of nitrogens with zero attached hydrogens (tertiary/aromatic N) is 1. The molecule has 3 aliphatic rings. The van der Waals surface area contributed by atoms with Gasteiger partial charge in [-0.1, -0.05) is 6.07 Å². The Labute approximate surface area is 77.6 Å². The molecule has 2 nitrogen and oxygen atoms in total. The number of aliphatic hydroxyl groups is 1. The van der Waals surface area contributed by atoms with Crippen LogP contribution in [0.4, 0.5) is 0 Å². The van der Waals surface area contributed by atoms with Crippen LogP contribution in [0.25, 0.3) is 0 Å². The summed E-state index contributed by atoms with van der Waals surface area (Å²) in [4.78, 5) is 4.39. The molecule has 0 unspecified atom stereocenters. The van der Waals surface area contributed by atoms with Gasteiger partial charge in [-0.2, -0.15) is 0 Å². The van der Waals surface area contributed by atoms with Crippen molar-refractivity contribution in [2.75, 3.05) is 6.61 Å². The third-order valence-electron chi connectivity index (χ3n) is 3.68. The Bertz CT molecular complexity index is 313. The van der Waals surface area contributed by atoms with E-state index in [1.54, 1.807) is 0 Å². The van der Waals surface area contributed by atoms with Gasteiger partial charge in [0, 0.05) is 23.9 Å². The van der Waals surface area contributed by atoms with Crippen LogP contribution in [0.1, 0.15) is 25.0 Å². The molecule has 1 heterocycles. The van der Waals surface area contributed by atoms with Gasteiger partial charge in [0.1, 0.15) is 0 Å². The third-order valence-corrected chi connectivity index (χ3v) is 3.68. The average molecular weight is 175 g/mol. The highest BCUT2D eigenvalue weighted by atomic mass is 16.3. The Hall–Kier alpha value is -0.890. The second-order valence-corrected chi connectivity index (χ2v) is 4.68. The van der Waals surface area contributed by atoms with Crippen molar-refractivity contribution >= 4 is 0 Å². The summed E-state index contributed by atoms with van der Waals surface area (Å²) in [5.74, 6) is 0. The maximum atomic E-state index is 9.12. The van der Waals surface area contributed by atoms with Crippen LogP contribution in [0.15, 0.2) is 24.4 Å². The summed E-state index contributed by atoms with van der Waals surface area (Å²) in [5, 5.41) is 9.12. The quantitative estimate of drug-likeness (QED) is 0.738. The predicted octanol–water partition coefficient (Wildman–Crippen LogP) is 1.50. The van der Waals surface area contributed by atoms with E-state index in [9.17, 15) is 0 Å². The maximum absolute atomic E-state index is 9.12. The summed E-state index contributed by atoms with van der Waals surface area (Å²) < 4.78 is 0. The molecule has 0 amide bonds. The lowest BCUT2D eigenvalue weighted by Gasteiger charge is -2.70. The molecule has 3 fully saturated rings. The molecule has 13 heavy (non-hydrogen) atoms. The van der Waals surface area contributed by atoms with Gasteiger partial charge in [-0.15, -0.1) is 0 Å². The van der Waals surface area contributed by atoms with Crippen molar-refractivity contribution in [3.05, 3.63) is 30.1 Å². The second-order valence-electron chi connectivity index (χ2n) is 4.68. The van der Waals surface area contributed by atoms with Crippen molar-refractivity contribution in [2.24, 2.45) is 5.41 Å². The molecule has 2 bridgehead atoms. The van der Waals surface area contributed by atoms with Crippen molar-refractivity contribution in [1.29, 1.82) is 0 Å². The van der Waals surface area contributed by atoms with E-state index in [4.69, 9.17) is 5.11 Å². The number of hydrogen-bond donors (Lipinski definition) is 1. The van der Waals surface area contributed by atoms with Gasteiger partial charge in [0.05, 0.1) is 0 Å². The van der Waals surface area contributed by atoms with E-state index >= 15 is 0 Å². The van der Waals surface area contributed by atoms with Crippen LogP contribution >= 0.6 is 0 Å². The molecule has 0 spiro atoms. The summed E-state index contributed by atoms with van der Waals surface area (Å²) in [6, 6.07) is 6.12. The Morgan fingerprint density at radius 1 is 1.31 bits per heavy atom. The lowest BCUT2D eigenvalue weighted by Crippen LogP contribution is -2.66. The van der Waals surface area contributed by atoms with Gasteiger partial charge >= 0.3 is 0 Å². The lowest BCUT2D eigenvalue weighted by atomic mass is 9.34. The number of rotatable bonds is 2. The minimum atomic E-state index is 0.289. The number of hydrogen-bond acceptors (Lipinski definition) is 2. The molecule has 0 atom stereocenters. The molecule has 0 aliphatic heterocycles. The van der Waals surface area contributed by atoms with Crippen LogP contribution in [0, 0.1) is 5.41 Å². The zero-order valence-corrected chi connectivity index (χ0v) is 7.53. The minimum Gasteiger partial charge on any atom is -0.396 e. The van der Waals surface area contributed by atoms with E-state index in [1.807, 2.05) is 18.3 Å². The van der Waals surface area contributed by atoms with Crippen LogP contribution in [0.2, 0.25) is 0 Å².